The van der Waals surface area contributed by atoms with Crippen molar-refractivity contribution in [2.75, 3.05) is 0 Å². The Bertz CT molecular complexity index is 188. The minimum atomic E-state index is 0.999. The topological polar surface area (TPSA) is 26.3 Å². The van der Waals surface area contributed by atoms with E-state index in [9.17, 15) is 4.79 Å². The van der Waals surface area contributed by atoms with E-state index in [2.05, 4.69) is 11.7 Å². The van der Waals surface area contributed by atoms with Gasteiger partial charge in [-0.05, 0) is 18.9 Å². The molecule has 0 fully saturated rings. The highest BCUT2D eigenvalue weighted by Gasteiger charge is 1.92. The van der Waals surface area contributed by atoms with Crippen LogP contribution in [0, 0.1) is 0 Å². The van der Waals surface area contributed by atoms with Crippen LogP contribution in [0.3, 0.4) is 0 Å². The summed E-state index contributed by atoms with van der Waals surface area (Å²) in [6.45, 7) is 3.64. The Morgan fingerprint density at radius 1 is 0.833 bits per heavy atom. The van der Waals surface area contributed by atoms with Crippen LogP contribution in [0.1, 0.15) is 84.0 Å². The number of ether oxygens (including phenoxy) is 1. The predicted octanol–water partition coefficient (Wildman–Crippen LogP) is 5.29. The van der Waals surface area contributed by atoms with Crippen molar-refractivity contribution in [3.05, 3.63) is 12.3 Å². The van der Waals surface area contributed by atoms with Crippen LogP contribution in [-0.4, -0.2) is 6.47 Å². The van der Waals surface area contributed by atoms with Crippen LogP contribution < -0.4 is 0 Å². The highest BCUT2D eigenvalue weighted by molar-refractivity contribution is 5.39. The van der Waals surface area contributed by atoms with Gasteiger partial charge in [0.05, 0.1) is 6.26 Å². The van der Waals surface area contributed by atoms with E-state index >= 15 is 0 Å². The van der Waals surface area contributed by atoms with E-state index in [0.717, 1.165) is 6.42 Å². The summed E-state index contributed by atoms with van der Waals surface area (Å²) in [5.41, 5.74) is 0. The predicted molar refractivity (Wildman–Crippen MR) is 77.0 cm³/mol. The van der Waals surface area contributed by atoms with Crippen LogP contribution in [0.4, 0.5) is 0 Å². The standard InChI is InChI=1S/C16H29O2/c1-2-3-4-5-6-7-8-9-10-11-12-13-14-15-18-16-17/h14-15H,2-13H2,1H3. The summed E-state index contributed by atoms with van der Waals surface area (Å²) in [6.07, 6.45) is 19.3. The molecule has 0 N–H and O–H groups in total. The lowest BCUT2D eigenvalue weighted by atomic mass is 10.1. The first-order valence-electron chi connectivity index (χ1n) is 7.59. The van der Waals surface area contributed by atoms with E-state index < -0.39 is 0 Å². The number of rotatable bonds is 14. The van der Waals surface area contributed by atoms with E-state index in [1.807, 2.05) is 6.08 Å². The molecule has 0 aliphatic heterocycles. The summed E-state index contributed by atoms with van der Waals surface area (Å²) in [7, 11) is 0. The maximum Gasteiger partial charge on any atom is 0.422 e. The Morgan fingerprint density at radius 2 is 1.33 bits per heavy atom. The first-order chi connectivity index (χ1) is 8.91. The Kier molecular flexibility index (Phi) is 15.5. The molecule has 18 heavy (non-hydrogen) atoms. The SMILES string of the molecule is CCCCCCCCCCCCCC=CO[C]=O. The van der Waals surface area contributed by atoms with Crippen molar-refractivity contribution in [3.8, 4) is 0 Å². The second-order valence-electron chi connectivity index (χ2n) is 4.90. The molecule has 0 heterocycles. The molecule has 0 aromatic rings. The van der Waals surface area contributed by atoms with E-state index in [1.165, 1.54) is 83.4 Å². The van der Waals surface area contributed by atoms with Gasteiger partial charge in [-0.2, -0.15) is 0 Å². The molecular weight excluding hydrogens is 224 g/mol. The molecule has 2 heteroatoms. The number of unbranched alkanes of at least 4 members (excludes halogenated alkanes) is 11. The van der Waals surface area contributed by atoms with Crippen molar-refractivity contribution in [2.45, 2.75) is 84.0 Å². The quantitative estimate of drug-likeness (QED) is 0.311. The van der Waals surface area contributed by atoms with Crippen molar-refractivity contribution in [1.29, 1.82) is 0 Å². The molecule has 0 aromatic carbocycles. The molecule has 0 saturated carbocycles. The van der Waals surface area contributed by atoms with Crippen LogP contribution in [0.5, 0.6) is 0 Å². The maximum absolute atomic E-state index is 9.72. The summed E-state index contributed by atoms with van der Waals surface area (Å²) >= 11 is 0. The van der Waals surface area contributed by atoms with Gasteiger partial charge < -0.3 is 4.74 Å². The second-order valence-corrected chi connectivity index (χ2v) is 4.90. The third kappa shape index (κ3) is 15.2. The van der Waals surface area contributed by atoms with E-state index in [0.29, 0.717) is 0 Å². The molecule has 0 spiro atoms. The molecule has 0 aliphatic rings. The third-order valence-corrected chi connectivity index (χ3v) is 3.19. The Morgan fingerprint density at radius 3 is 1.83 bits per heavy atom. The zero-order chi connectivity index (χ0) is 13.3. The molecule has 2 nitrogen and oxygen atoms in total. The summed E-state index contributed by atoms with van der Waals surface area (Å²) in [5.74, 6) is 0. The number of hydrogen-bond donors (Lipinski definition) is 0. The van der Waals surface area contributed by atoms with Gasteiger partial charge in [-0.25, -0.2) is 4.79 Å². The highest BCUT2D eigenvalue weighted by atomic mass is 16.5. The normalized spacial score (nSPS) is 10.9. The molecular formula is C16H29O2. The summed E-state index contributed by atoms with van der Waals surface area (Å²) < 4.78 is 4.35. The average molecular weight is 253 g/mol. The lowest BCUT2D eigenvalue weighted by Crippen LogP contribution is -1.82. The molecule has 0 aromatic heterocycles. The van der Waals surface area contributed by atoms with Gasteiger partial charge in [0, 0.05) is 0 Å². The zero-order valence-corrected chi connectivity index (χ0v) is 12.0. The van der Waals surface area contributed by atoms with Crippen LogP contribution >= 0.6 is 0 Å². The molecule has 0 aliphatic carbocycles. The molecule has 0 unspecified atom stereocenters. The highest BCUT2D eigenvalue weighted by Crippen LogP contribution is 2.11. The van der Waals surface area contributed by atoms with Gasteiger partial charge in [-0.3, -0.25) is 0 Å². The van der Waals surface area contributed by atoms with Gasteiger partial charge in [0.25, 0.3) is 0 Å². The van der Waals surface area contributed by atoms with Crippen LogP contribution in [0.2, 0.25) is 0 Å². The van der Waals surface area contributed by atoms with Crippen molar-refractivity contribution in [1.82, 2.24) is 0 Å². The smallest absolute Gasteiger partial charge is 0.422 e. The maximum atomic E-state index is 9.72. The number of hydrogen-bond acceptors (Lipinski definition) is 2. The first kappa shape index (κ1) is 17.2. The van der Waals surface area contributed by atoms with E-state index in [-0.39, 0.29) is 0 Å². The fourth-order valence-electron chi connectivity index (χ4n) is 2.07. The lowest BCUT2D eigenvalue weighted by Gasteiger charge is -2.01. The van der Waals surface area contributed by atoms with E-state index in [1.54, 1.807) is 0 Å². The fourth-order valence-corrected chi connectivity index (χ4v) is 2.07. The summed E-state index contributed by atoms with van der Waals surface area (Å²) in [4.78, 5) is 9.72. The Balaban J connectivity index is 2.96. The van der Waals surface area contributed by atoms with Gasteiger partial charge >= 0.3 is 6.47 Å². The van der Waals surface area contributed by atoms with Gasteiger partial charge in [0.2, 0.25) is 0 Å². The molecule has 0 saturated heterocycles. The number of carbonyl (C=O) groups excluding carboxylic acids is 1. The number of allylic oxidation sites excluding steroid dienone is 1. The monoisotopic (exact) mass is 253 g/mol. The summed E-state index contributed by atoms with van der Waals surface area (Å²) in [5, 5.41) is 0. The molecule has 0 amide bonds. The van der Waals surface area contributed by atoms with Crippen molar-refractivity contribution in [3.63, 3.8) is 0 Å². The van der Waals surface area contributed by atoms with Crippen LogP contribution in [0.25, 0.3) is 0 Å². The van der Waals surface area contributed by atoms with Crippen LogP contribution in [-0.2, 0) is 9.53 Å². The molecule has 0 atom stereocenters. The van der Waals surface area contributed by atoms with Crippen molar-refractivity contribution in [2.24, 2.45) is 0 Å². The van der Waals surface area contributed by atoms with Crippen LogP contribution in [0.15, 0.2) is 12.3 Å². The first-order valence-corrected chi connectivity index (χ1v) is 7.59. The Hall–Kier alpha value is -0.790. The van der Waals surface area contributed by atoms with Crippen molar-refractivity contribution >= 4 is 6.47 Å². The minimum absolute atomic E-state index is 0.999. The van der Waals surface area contributed by atoms with Crippen molar-refractivity contribution < 1.29 is 9.53 Å². The van der Waals surface area contributed by atoms with Gasteiger partial charge in [0.15, 0.2) is 0 Å². The Labute approximate surface area is 113 Å². The van der Waals surface area contributed by atoms with Gasteiger partial charge in [-0.1, -0.05) is 71.1 Å². The van der Waals surface area contributed by atoms with Gasteiger partial charge in [0.1, 0.15) is 0 Å². The molecule has 0 rings (SSSR count). The summed E-state index contributed by atoms with van der Waals surface area (Å²) in [6, 6.07) is 0. The minimum Gasteiger partial charge on any atom is -0.426 e. The lowest BCUT2D eigenvalue weighted by molar-refractivity contribution is 0.396. The molecule has 1 radical (unpaired) electrons. The van der Waals surface area contributed by atoms with Gasteiger partial charge in [-0.15, -0.1) is 0 Å². The molecule has 0 bridgehead atoms. The third-order valence-electron chi connectivity index (χ3n) is 3.19. The molecule has 105 valence electrons. The average Bonchev–Trinajstić information content (AvgIpc) is 2.39. The second kappa shape index (κ2) is 16.2. The fraction of sp³-hybridized carbons (Fsp3) is 0.812. The van der Waals surface area contributed by atoms with E-state index in [4.69, 9.17) is 0 Å². The zero-order valence-electron chi connectivity index (χ0n) is 12.0. The largest absolute Gasteiger partial charge is 0.426 e.